The van der Waals surface area contributed by atoms with Crippen LogP contribution < -0.4 is 19.1 Å². The summed E-state index contributed by atoms with van der Waals surface area (Å²) in [6, 6.07) is 12.1. The van der Waals surface area contributed by atoms with Gasteiger partial charge in [0.15, 0.2) is 11.5 Å². The summed E-state index contributed by atoms with van der Waals surface area (Å²) in [6.07, 6.45) is 3.17. The summed E-state index contributed by atoms with van der Waals surface area (Å²) in [7, 11) is 9.46. The molecule has 1 aliphatic heterocycles. The van der Waals surface area contributed by atoms with Gasteiger partial charge < -0.3 is 28.9 Å². The third-order valence-electron chi connectivity index (χ3n) is 6.33. The summed E-state index contributed by atoms with van der Waals surface area (Å²) in [4.78, 5) is 19.2. The van der Waals surface area contributed by atoms with Crippen molar-refractivity contribution < 1.29 is 19.0 Å². The number of hydrogen-bond donors (Lipinski definition) is 0. The molecule has 36 heavy (non-hydrogen) atoms. The minimum atomic E-state index is 0. The van der Waals surface area contributed by atoms with Crippen molar-refractivity contribution in [1.82, 2.24) is 9.80 Å². The Hall–Kier alpha value is -2.35. The van der Waals surface area contributed by atoms with Gasteiger partial charge in [-0.15, -0.1) is 24.8 Å². The highest BCUT2D eigenvalue weighted by Crippen LogP contribution is 2.32. The fourth-order valence-electron chi connectivity index (χ4n) is 4.26. The Kier molecular flexibility index (Phi) is 13.8. The van der Waals surface area contributed by atoms with E-state index in [1.54, 1.807) is 14.2 Å². The molecular formula is C27H41Cl2N3O4. The third-order valence-corrected chi connectivity index (χ3v) is 6.33. The summed E-state index contributed by atoms with van der Waals surface area (Å²) >= 11 is 0. The van der Waals surface area contributed by atoms with E-state index in [-0.39, 0.29) is 30.7 Å². The molecule has 9 heteroatoms. The average Bonchev–Trinajstić information content (AvgIpc) is 2.99. The second-order valence-electron chi connectivity index (χ2n) is 9.03. The van der Waals surface area contributed by atoms with E-state index >= 15 is 0 Å². The highest BCUT2D eigenvalue weighted by molar-refractivity contribution is 5.85. The number of carbonyl (C=O) groups excluding carboxylic acids is 1. The smallest absolute Gasteiger partial charge is 0.227 e. The number of methoxy groups -OCH3 is 2. The minimum Gasteiger partial charge on any atom is -0.494 e. The predicted molar refractivity (Wildman–Crippen MR) is 151 cm³/mol. The molecule has 0 bridgehead atoms. The number of carbonyl (C=O) groups is 1. The Morgan fingerprint density at radius 2 is 1.50 bits per heavy atom. The van der Waals surface area contributed by atoms with Gasteiger partial charge in [-0.1, -0.05) is 0 Å². The second kappa shape index (κ2) is 15.7. The zero-order valence-corrected chi connectivity index (χ0v) is 23.8. The Labute approximate surface area is 228 Å². The Bertz CT molecular complexity index is 941. The van der Waals surface area contributed by atoms with E-state index in [9.17, 15) is 4.79 Å². The van der Waals surface area contributed by atoms with Crippen LogP contribution in [-0.2, 0) is 17.6 Å². The Balaban J connectivity index is 0.00000324. The molecule has 1 amide bonds. The van der Waals surface area contributed by atoms with E-state index < -0.39 is 0 Å². The van der Waals surface area contributed by atoms with Gasteiger partial charge in [-0.05, 0) is 80.4 Å². The number of amides is 1. The van der Waals surface area contributed by atoms with E-state index in [0.29, 0.717) is 18.8 Å². The molecule has 1 heterocycles. The lowest BCUT2D eigenvalue weighted by Crippen LogP contribution is -2.35. The maximum atomic E-state index is 12.8. The van der Waals surface area contributed by atoms with Gasteiger partial charge in [0.25, 0.3) is 0 Å². The van der Waals surface area contributed by atoms with Crippen molar-refractivity contribution in [3.05, 3.63) is 47.5 Å². The van der Waals surface area contributed by atoms with Crippen LogP contribution in [0, 0.1) is 0 Å². The number of ether oxygens (including phenoxy) is 3. The summed E-state index contributed by atoms with van der Waals surface area (Å²) in [5.74, 6) is 2.49. The molecule has 0 fully saturated rings. The van der Waals surface area contributed by atoms with Gasteiger partial charge in [0, 0.05) is 39.4 Å². The van der Waals surface area contributed by atoms with Crippen LogP contribution in [0.25, 0.3) is 0 Å². The first-order valence-corrected chi connectivity index (χ1v) is 12.0. The molecule has 0 saturated heterocycles. The van der Waals surface area contributed by atoms with Gasteiger partial charge in [0.1, 0.15) is 5.75 Å². The normalized spacial score (nSPS) is 12.7. The van der Waals surface area contributed by atoms with Crippen LogP contribution in [0.1, 0.15) is 24.0 Å². The van der Waals surface area contributed by atoms with Crippen molar-refractivity contribution in [2.45, 2.75) is 25.7 Å². The molecular weight excluding hydrogens is 501 g/mol. The van der Waals surface area contributed by atoms with Gasteiger partial charge in [0.2, 0.25) is 5.91 Å². The van der Waals surface area contributed by atoms with E-state index in [2.05, 4.69) is 29.0 Å². The number of benzene rings is 2. The molecule has 0 N–H and O–H groups in total. The van der Waals surface area contributed by atoms with E-state index in [1.165, 1.54) is 11.3 Å². The summed E-state index contributed by atoms with van der Waals surface area (Å²) in [5.41, 5.74) is 3.37. The van der Waals surface area contributed by atoms with Crippen molar-refractivity contribution in [2.24, 2.45) is 0 Å². The lowest BCUT2D eigenvalue weighted by molar-refractivity contribution is -0.130. The van der Waals surface area contributed by atoms with Crippen LogP contribution >= 0.6 is 24.8 Å². The zero-order valence-electron chi connectivity index (χ0n) is 22.1. The van der Waals surface area contributed by atoms with Crippen molar-refractivity contribution in [2.75, 3.05) is 73.0 Å². The molecule has 0 aliphatic carbocycles. The van der Waals surface area contributed by atoms with Crippen molar-refractivity contribution in [1.29, 1.82) is 0 Å². The van der Waals surface area contributed by atoms with Crippen molar-refractivity contribution in [3.8, 4) is 17.2 Å². The lowest BCUT2D eigenvalue weighted by atomic mass is 10.0. The minimum absolute atomic E-state index is 0. The van der Waals surface area contributed by atoms with Crippen LogP contribution in [0.3, 0.4) is 0 Å². The van der Waals surface area contributed by atoms with Crippen molar-refractivity contribution in [3.63, 3.8) is 0 Å². The fraction of sp³-hybridized carbons (Fsp3) is 0.519. The van der Waals surface area contributed by atoms with Gasteiger partial charge in [-0.2, -0.15) is 0 Å². The SMILES string of the molecule is COc1cc2c(cc1OC)CC(=O)N(CCCN(C)CCCOc1ccc(N(C)C)cc1)CC2.Cl.Cl. The molecule has 0 aromatic heterocycles. The molecule has 2 aromatic carbocycles. The number of fused-ring (bicyclic) bond motifs is 1. The molecule has 0 spiro atoms. The highest BCUT2D eigenvalue weighted by Gasteiger charge is 2.22. The first kappa shape index (κ1) is 31.7. The molecule has 7 nitrogen and oxygen atoms in total. The standard InChI is InChI=1S/C27H39N3O4.2ClH/c1-28(2)23-8-10-24(11-9-23)34-17-7-14-29(3)13-6-15-30-16-12-21-18-25(32-4)26(33-5)19-22(21)20-27(30)31;;/h8-11,18-19H,6-7,12-17,20H2,1-5H3;2*1H. The fourth-order valence-corrected chi connectivity index (χ4v) is 4.26. The summed E-state index contributed by atoms with van der Waals surface area (Å²) < 4.78 is 16.7. The van der Waals surface area contributed by atoms with E-state index in [0.717, 1.165) is 62.5 Å². The predicted octanol–water partition coefficient (Wildman–Crippen LogP) is 4.33. The van der Waals surface area contributed by atoms with E-state index in [1.807, 2.05) is 43.3 Å². The van der Waals surface area contributed by atoms with Gasteiger partial charge in [0.05, 0.1) is 27.2 Å². The average molecular weight is 543 g/mol. The first-order valence-electron chi connectivity index (χ1n) is 12.0. The zero-order chi connectivity index (χ0) is 24.5. The maximum absolute atomic E-state index is 12.8. The highest BCUT2D eigenvalue weighted by atomic mass is 35.5. The van der Waals surface area contributed by atoms with Gasteiger partial charge in [-0.25, -0.2) is 0 Å². The number of anilines is 1. The van der Waals surface area contributed by atoms with E-state index in [4.69, 9.17) is 14.2 Å². The lowest BCUT2D eigenvalue weighted by Gasteiger charge is -2.23. The van der Waals surface area contributed by atoms with Crippen LogP contribution in [-0.4, -0.2) is 83.9 Å². The van der Waals surface area contributed by atoms with Gasteiger partial charge >= 0.3 is 0 Å². The topological polar surface area (TPSA) is 54.5 Å². The molecule has 0 saturated carbocycles. The monoisotopic (exact) mass is 541 g/mol. The molecule has 2 aromatic rings. The number of hydrogen-bond acceptors (Lipinski definition) is 6. The van der Waals surface area contributed by atoms with Gasteiger partial charge in [-0.3, -0.25) is 4.79 Å². The first-order chi connectivity index (χ1) is 16.4. The summed E-state index contributed by atoms with van der Waals surface area (Å²) in [5, 5.41) is 0. The Morgan fingerprint density at radius 3 is 2.11 bits per heavy atom. The van der Waals surface area contributed by atoms with Crippen LogP contribution in [0.5, 0.6) is 17.2 Å². The second-order valence-corrected chi connectivity index (χ2v) is 9.03. The molecule has 1 aliphatic rings. The number of halogens is 2. The van der Waals surface area contributed by atoms with Crippen LogP contribution in [0.2, 0.25) is 0 Å². The number of nitrogens with zero attached hydrogens (tertiary/aromatic N) is 3. The maximum Gasteiger partial charge on any atom is 0.227 e. The summed E-state index contributed by atoms with van der Waals surface area (Å²) in [6.45, 7) is 4.14. The molecule has 0 radical (unpaired) electrons. The molecule has 3 rings (SSSR count). The molecule has 202 valence electrons. The largest absolute Gasteiger partial charge is 0.494 e. The Morgan fingerprint density at radius 1 is 0.889 bits per heavy atom. The quantitative estimate of drug-likeness (QED) is 0.373. The van der Waals surface area contributed by atoms with Crippen LogP contribution in [0.4, 0.5) is 5.69 Å². The number of rotatable bonds is 12. The van der Waals surface area contributed by atoms with Crippen LogP contribution in [0.15, 0.2) is 36.4 Å². The molecule has 0 unspecified atom stereocenters. The van der Waals surface area contributed by atoms with Crippen molar-refractivity contribution >= 4 is 36.4 Å². The molecule has 0 atom stereocenters. The third kappa shape index (κ3) is 8.95.